The summed E-state index contributed by atoms with van der Waals surface area (Å²) in [7, 11) is 1.67. The van der Waals surface area contributed by atoms with Crippen LogP contribution in [0.4, 0.5) is 0 Å². The molecule has 0 fully saturated rings. The van der Waals surface area contributed by atoms with Crippen LogP contribution in [0, 0.1) is 0 Å². The summed E-state index contributed by atoms with van der Waals surface area (Å²) in [4.78, 5) is 18.5. The molecule has 1 aliphatic heterocycles. The van der Waals surface area contributed by atoms with Crippen molar-refractivity contribution in [2.45, 2.75) is 12.6 Å². The molecule has 0 N–H and O–H groups in total. The molecule has 1 aromatic heterocycles. The first-order chi connectivity index (χ1) is 12.7. The number of likely N-dealkylation sites (N-methyl/N-ethyl adjacent to an activating group) is 1. The molecule has 2 heterocycles. The monoisotopic (exact) mass is 351 g/mol. The van der Waals surface area contributed by atoms with Crippen LogP contribution in [0.5, 0.6) is 11.5 Å². The van der Waals surface area contributed by atoms with E-state index < -0.39 is 6.10 Å². The van der Waals surface area contributed by atoms with Gasteiger partial charge in [-0.2, -0.15) is 4.98 Å². The highest BCUT2D eigenvalue weighted by Crippen LogP contribution is 2.31. The number of carbonyl (C=O) groups is 1. The van der Waals surface area contributed by atoms with E-state index in [0.29, 0.717) is 23.2 Å². The zero-order valence-corrected chi connectivity index (χ0v) is 14.2. The number of para-hydroxylation sites is 2. The van der Waals surface area contributed by atoms with E-state index in [1.54, 1.807) is 13.1 Å². The highest BCUT2D eigenvalue weighted by molar-refractivity contribution is 5.81. The van der Waals surface area contributed by atoms with E-state index in [4.69, 9.17) is 14.0 Å². The minimum atomic E-state index is -0.702. The molecule has 7 nitrogen and oxygen atoms in total. The van der Waals surface area contributed by atoms with E-state index in [2.05, 4.69) is 10.1 Å². The molecule has 26 heavy (non-hydrogen) atoms. The number of amides is 1. The van der Waals surface area contributed by atoms with Crippen LogP contribution >= 0.6 is 0 Å². The van der Waals surface area contributed by atoms with Crippen molar-refractivity contribution in [1.82, 2.24) is 15.0 Å². The van der Waals surface area contributed by atoms with Gasteiger partial charge in [0, 0.05) is 12.6 Å². The second-order valence-corrected chi connectivity index (χ2v) is 5.94. The SMILES string of the molecule is CN(Cc1nc(-c2ccccc2)no1)C(=O)[C@@H]1COc2ccccc2O1. The van der Waals surface area contributed by atoms with Crippen LogP contribution in [0.25, 0.3) is 11.4 Å². The maximum atomic E-state index is 12.6. The van der Waals surface area contributed by atoms with Gasteiger partial charge in [0.15, 0.2) is 11.5 Å². The lowest BCUT2D eigenvalue weighted by atomic mass is 10.2. The zero-order chi connectivity index (χ0) is 17.9. The predicted molar refractivity (Wildman–Crippen MR) is 92.6 cm³/mol. The third-order valence-corrected chi connectivity index (χ3v) is 4.03. The molecule has 0 unspecified atom stereocenters. The molecule has 0 radical (unpaired) electrons. The van der Waals surface area contributed by atoms with E-state index in [0.717, 1.165) is 5.56 Å². The molecule has 0 spiro atoms. The van der Waals surface area contributed by atoms with Crippen LogP contribution in [-0.2, 0) is 11.3 Å². The number of hydrogen-bond donors (Lipinski definition) is 0. The Balaban J connectivity index is 1.42. The summed E-state index contributed by atoms with van der Waals surface area (Å²) in [6, 6.07) is 16.8. The molecule has 7 heteroatoms. The molecule has 0 aliphatic carbocycles. The van der Waals surface area contributed by atoms with Gasteiger partial charge >= 0.3 is 0 Å². The number of rotatable bonds is 4. The van der Waals surface area contributed by atoms with Crippen molar-refractivity contribution in [3.63, 3.8) is 0 Å². The van der Waals surface area contributed by atoms with Gasteiger partial charge in [-0.3, -0.25) is 4.79 Å². The van der Waals surface area contributed by atoms with Crippen LogP contribution in [0.2, 0.25) is 0 Å². The van der Waals surface area contributed by atoms with Crippen molar-refractivity contribution in [2.75, 3.05) is 13.7 Å². The maximum Gasteiger partial charge on any atom is 0.267 e. The van der Waals surface area contributed by atoms with Crippen LogP contribution in [0.15, 0.2) is 59.1 Å². The van der Waals surface area contributed by atoms with E-state index in [-0.39, 0.29) is 19.1 Å². The summed E-state index contributed by atoms with van der Waals surface area (Å²) in [5, 5.41) is 3.96. The van der Waals surface area contributed by atoms with Gasteiger partial charge in [-0.15, -0.1) is 0 Å². The third-order valence-electron chi connectivity index (χ3n) is 4.03. The highest BCUT2D eigenvalue weighted by Gasteiger charge is 2.30. The lowest BCUT2D eigenvalue weighted by Gasteiger charge is -2.28. The predicted octanol–water partition coefficient (Wildman–Crippen LogP) is 2.54. The minimum absolute atomic E-state index is 0.166. The van der Waals surface area contributed by atoms with Crippen molar-refractivity contribution in [1.29, 1.82) is 0 Å². The number of ether oxygens (including phenoxy) is 2. The van der Waals surface area contributed by atoms with E-state index >= 15 is 0 Å². The molecule has 0 saturated heterocycles. The average molecular weight is 351 g/mol. The second-order valence-electron chi connectivity index (χ2n) is 5.94. The van der Waals surface area contributed by atoms with Gasteiger partial charge in [0.05, 0.1) is 6.54 Å². The first-order valence-corrected chi connectivity index (χ1v) is 8.22. The van der Waals surface area contributed by atoms with Crippen molar-refractivity contribution in [3.05, 3.63) is 60.5 Å². The van der Waals surface area contributed by atoms with Gasteiger partial charge in [-0.05, 0) is 12.1 Å². The Labute approximate surface area is 150 Å². The summed E-state index contributed by atoms with van der Waals surface area (Å²) in [5.41, 5.74) is 0.858. The summed E-state index contributed by atoms with van der Waals surface area (Å²) in [5.74, 6) is 1.85. The summed E-state index contributed by atoms with van der Waals surface area (Å²) < 4.78 is 16.6. The van der Waals surface area contributed by atoms with Crippen LogP contribution in [-0.4, -0.2) is 40.7 Å². The van der Waals surface area contributed by atoms with Crippen molar-refractivity contribution in [2.24, 2.45) is 0 Å². The fourth-order valence-electron chi connectivity index (χ4n) is 2.69. The normalized spacial score (nSPS) is 15.5. The Hall–Kier alpha value is -3.35. The first-order valence-electron chi connectivity index (χ1n) is 8.22. The Bertz CT molecular complexity index is 910. The Morgan fingerprint density at radius 3 is 2.65 bits per heavy atom. The van der Waals surface area contributed by atoms with E-state index in [1.807, 2.05) is 48.5 Å². The Morgan fingerprint density at radius 1 is 1.12 bits per heavy atom. The summed E-state index contributed by atoms with van der Waals surface area (Å²) in [6.07, 6.45) is -0.702. The van der Waals surface area contributed by atoms with Gasteiger partial charge in [-0.25, -0.2) is 0 Å². The fraction of sp³-hybridized carbons (Fsp3) is 0.211. The van der Waals surface area contributed by atoms with Crippen molar-refractivity contribution in [3.8, 4) is 22.9 Å². The third kappa shape index (κ3) is 3.23. The number of benzene rings is 2. The molecule has 0 saturated carbocycles. The minimum Gasteiger partial charge on any atom is -0.485 e. The molecule has 132 valence electrons. The van der Waals surface area contributed by atoms with E-state index in [9.17, 15) is 4.79 Å². The molecule has 1 aliphatic rings. The van der Waals surface area contributed by atoms with Crippen molar-refractivity contribution < 1.29 is 18.8 Å². The van der Waals surface area contributed by atoms with Gasteiger partial charge in [0.2, 0.25) is 17.8 Å². The largest absolute Gasteiger partial charge is 0.485 e. The Kier molecular flexibility index (Phi) is 4.27. The number of fused-ring (bicyclic) bond motifs is 1. The quantitative estimate of drug-likeness (QED) is 0.719. The highest BCUT2D eigenvalue weighted by atomic mass is 16.6. The number of carbonyl (C=O) groups excluding carboxylic acids is 1. The molecular formula is C19H17N3O4. The molecule has 4 rings (SSSR count). The van der Waals surface area contributed by atoms with Gasteiger partial charge in [-0.1, -0.05) is 47.6 Å². The second kappa shape index (κ2) is 6.87. The van der Waals surface area contributed by atoms with E-state index in [1.165, 1.54) is 4.90 Å². The Morgan fingerprint density at radius 2 is 1.85 bits per heavy atom. The summed E-state index contributed by atoms with van der Waals surface area (Å²) >= 11 is 0. The standard InChI is InChI=1S/C19H17N3O4/c1-22(11-17-20-18(21-26-17)13-7-3-2-4-8-13)19(23)16-12-24-14-9-5-6-10-15(14)25-16/h2-10,16H,11-12H2,1H3/t16-/m0/s1. The van der Waals surface area contributed by atoms with Gasteiger partial charge < -0.3 is 18.9 Å². The fourth-order valence-corrected chi connectivity index (χ4v) is 2.69. The molecule has 0 bridgehead atoms. The summed E-state index contributed by atoms with van der Waals surface area (Å²) in [6.45, 7) is 0.361. The van der Waals surface area contributed by atoms with Crippen LogP contribution < -0.4 is 9.47 Å². The molecule has 1 atom stereocenters. The smallest absolute Gasteiger partial charge is 0.267 e. The topological polar surface area (TPSA) is 77.7 Å². The van der Waals surface area contributed by atoms with Crippen molar-refractivity contribution >= 4 is 5.91 Å². The molecular weight excluding hydrogens is 334 g/mol. The maximum absolute atomic E-state index is 12.6. The molecule has 1 amide bonds. The van der Waals surface area contributed by atoms with Crippen LogP contribution in [0.1, 0.15) is 5.89 Å². The number of nitrogens with zero attached hydrogens (tertiary/aromatic N) is 3. The lowest BCUT2D eigenvalue weighted by molar-refractivity contribution is -0.140. The molecule has 2 aromatic carbocycles. The van der Waals surface area contributed by atoms with Crippen LogP contribution in [0.3, 0.4) is 0 Å². The lowest BCUT2D eigenvalue weighted by Crippen LogP contribution is -2.44. The molecule has 3 aromatic rings. The van der Waals surface area contributed by atoms with Gasteiger partial charge in [0.1, 0.15) is 6.61 Å². The first kappa shape index (κ1) is 16.1. The number of aromatic nitrogens is 2. The number of hydrogen-bond acceptors (Lipinski definition) is 6. The average Bonchev–Trinajstić information content (AvgIpc) is 3.16. The van der Waals surface area contributed by atoms with Gasteiger partial charge in [0.25, 0.3) is 5.91 Å². The zero-order valence-electron chi connectivity index (χ0n) is 14.2.